The average Bonchev–Trinajstić information content (AvgIpc) is 3.79. The van der Waals surface area contributed by atoms with Crippen molar-refractivity contribution in [3.8, 4) is 0 Å². The fraction of sp³-hybridized carbons (Fsp3) is 0.738. The van der Waals surface area contributed by atoms with Crippen LogP contribution < -0.4 is 10.6 Å². The van der Waals surface area contributed by atoms with Crippen molar-refractivity contribution in [3.05, 3.63) is 35.4 Å². The van der Waals surface area contributed by atoms with Gasteiger partial charge < -0.3 is 34.6 Å². The molecule has 0 aromatic heterocycles. The number of nitrogens with zero attached hydrogens (tertiary/aromatic N) is 3. The smallest absolute Gasteiger partial charge is 0.328 e. The lowest BCUT2D eigenvalue weighted by molar-refractivity contribution is -0.149. The maximum absolute atomic E-state index is 14.3. The maximum Gasteiger partial charge on any atom is 0.328 e. The van der Waals surface area contributed by atoms with Crippen LogP contribution in [0.25, 0.3) is 0 Å². The van der Waals surface area contributed by atoms with Gasteiger partial charge in [0.2, 0.25) is 23.6 Å². The zero-order valence-corrected chi connectivity index (χ0v) is 35.5. The first-order valence-electron chi connectivity index (χ1n) is 20.0. The minimum atomic E-state index is -0.892. The molecule has 2 N–H and O–H groups in total. The van der Waals surface area contributed by atoms with Gasteiger partial charge >= 0.3 is 5.97 Å². The number of methoxy groups -OCH3 is 3. The van der Waals surface area contributed by atoms with Gasteiger partial charge in [-0.2, -0.15) is 0 Å². The Hall–Kier alpha value is -3.55. The zero-order chi connectivity index (χ0) is 41.2. The SMILES string of the molecule is CC[C@H](C)[C@@H]([C@@H](CC(=O)N1CCC[C@H]1[C@H](OC)[C@@H](C)C(=O)N[C@@H](Cc1ccc(C)cc1)C(=O)OC)OC)N(C)C(=O)[C@@H](NC(=O)[C@@]1(C)CCCN1C)C(C)C. The quantitative estimate of drug-likeness (QED) is 0.201. The van der Waals surface area contributed by atoms with Crippen molar-refractivity contribution >= 4 is 29.6 Å². The fourth-order valence-electron chi connectivity index (χ4n) is 8.32. The molecule has 0 spiro atoms. The second kappa shape index (κ2) is 20.6. The number of amides is 4. The van der Waals surface area contributed by atoms with Crippen molar-refractivity contribution in [3.63, 3.8) is 0 Å². The van der Waals surface area contributed by atoms with Crippen LogP contribution in [0.3, 0.4) is 0 Å². The van der Waals surface area contributed by atoms with Gasteiger partial charge in [-0.05, 0) is 70.5 Å². The van der Waals surface area contributed by atoms with Gasteiger partial charge in [-0.15, -0.1) is 0 Å². The number of esters is 1. The van der Waals surface area contributed by atoms with Crippen molar-refractivity contribution in [1.82, 2.24) is 25.3 Å². The zero-order valence-electron chi connectivity index (χ0n) is 35.5. The number of rotatable bonds is 19. The van der Waals surface area contributed by atoms with E-state index in [1.807, 2.05) is 77.8 Å². The number of likely N-dealkylation sites (tertiary alicyclic amines) is 2. The molecule has 9 atom stereocenters. The topological polar surface area (TPSA) is 147 Å². The van der Waals surface area contributed by atoms with E-state index < -0.39 is 47.8 Å². The molecule has 0 unspecified atom stereocenters. The molecule has 4 amide bonds. The van der Waals surface area contributed by atoms with Gasteiger partial charge in [-0.25, -0.2) is 4.79 Å². The second-order valence-electron chi connectivity index (χ2n) is 16.4. The Balaban J connectivity index is 1.77. The largest absolute Gasteiger partial charge is 0.467 e. The minimum absolute atomic E-state index is 0.0131. The standard InChI is InChI=1S/C42H69N5O8/c1-13-28(5)36(46(9)39(50)35(26(2)3)44-41(52)42(7)21-15-22-45(42)8)33(53-10)25-34(48)47-23-14-16-32(47)37(54-11)29(6)38(49)43-31(40(51)55-12)24-30-19-17-27(4)18-20-30/h17-20,26,28-29,31-33,35-37H,13-16,21-25H2,1-12H3,(H,43,49)(H,44,52)/t28-,29+,31-,32-,33+,35-,36-,37+,42+/m0/s1. The van der Waals surface area contributed by atoms with Gasteiger partial charge in [-0.3, -0.25) is 24.1 Å². The number of hydrogen-bond donors (Lipinski definition) is 2. The number of aryl methyl sites for hydroxylation is 1. The van der Waals surface area contributed by atoms with Crippen LogP contribution in [0.5, 0.6) is 0 Å². The number of hydrogen-bond acceptors (Lipinski definition) is 9. The molecule has 3 rings (SSSR count). The number of carbonyl (C=O) groups is 5. The van der Waals surface area contributed by atoms with Crippen LogP contribution in [0.15, 0.2) is 24.3 Å². The van der Waals surface area contributed by atoms with Gasteiger partial charge in [0.1, 0.15) is 12.1 Å². The molecule has 55 heavy (non-hydrogen) atoms. The van der Waals surface area contributed by atoms with Crippen LogP contribution in [0.4, 0.5) is 0 Å². The average molecular weight is 772 g/mol. The van der Waals surface area contributed by atoms with E-state index in [-0.39, 0.29) is 54.3 Å². The van der Waals surface area contributed by atoms with Crippen LogP contribution >= 0.6 is 0 Å². The molecule has 1 aromatic carbocycles. The number of carbonyl (C=O) groups excluding carboxylic acids is 5. The van der Waals surface area contributed by atoms with E-state index in [9.17, 15) is 24.0 Å². The van der Waals surface area contributed by atoms with Gasteiger partial charge in [0.15, 0.2) is 0 Å². The number of likely N-dealkylation sites (N-methyl/N-ethyl adjacent to an activating group) is 2. The maximum atomic E-state index is 14.3. The summed E-state index contributed by atoms with van der Waals surface area (Å²) in [4.78, 5) is 74.0. The Morgan fingerprint density at radius 3 is 2.15 bits per heavy atom. The van der Waals surface area contributed by atoms with E-state index >= 15 is 0 Å². The van der Waals surface area contributed by atoms with Crippen LogP contribution in [0, 0.1) is 24.7 Å². The van der Waals surface area contributed by atoms with E-state index in [4.69, 9.17) is 14.2 Å². The number of benzene rings is 1. The highest BCUT2D eigenvalue weighted by Gasteiger charge is 2.45. The highest BCUT2D eigenvalue weighted by atomic mass is 16.5. The van der Waals surface area contributed by atoms with E-state index in [0.717, 1.165) is 43.4 Å². The molecule has 2 heterocycles. The monoisotopic (exact) mass is 772 g/mol. The molecule has 0 radical (unpaired) electrons. The fourth-order valence-corrected chi connectivity index (χ4v) is 8.32. The highest BCUT2D eigenvalue weighted by Crippen LogP contribution is 2.31. The Bertz CT molecular complexity index is 1460. The third kappa shape index (κ3) is 11.1. The van der Waals surface area contributed by atoms with Gasteiger partial charge in [-0.1, -0.05) is 70.9 Å². The van der Waals surface area contributed by atoms with Crippen molar-refractivity contribution in [1.29, 1.82) is 0 Å². The summed E-state index contributed by atoms with van der Waals surface area (Å²) in [6.45, 7) is 14.9. The Kier molecular flexibility index (Phi) is 17.1. The summed E-state index contributed by atoms with van der Waals surface area (Å²) in [6.07, 6.45) is 2.75. The lowest BCUT2D eigenvalue weighted by Gasteiger charge is -2.41. The first-order valence-corrected chi connectivity index (χ1v) is 20.0. The van der Waals surface area contributed by atoms with Crippen molar-refractivity contribution in [2.24, 2.45) is 17.8 Å². The molecule has 1 aromatic rings. The first-order chi connectivity index (χ1) is 25.9. The van der Waals surface area contributed by atoms with Crippen LogP contribution in [-0.4, -0.2) is 135 Å². The highest BCUT2D eigenvalue weighted by molar-refractivity contribution is 5.92. The molecule has 13 heteroatoms. The molecule has 0 saturated carbocycles. The summed E-state index contributed by atoms with van der Waals surface area (Å²) in [7, 11) is 8.06. The van der Waals surface area contributed by atoms with Crippen LogP contribution in [0.1, 0.15) is 91.2 Å². The molecule has 310 valence electrons. The lowest BCUT2D eigenvalue weighted by Crippen LogP contribution is -2.61. The summed E-state index contributed by atoms with van der Waals surface area (Å²) in [6, 6.07) is 5.26. The molecule has 2 fully saturated rings. The minimum Gasteiger partial charge on any atom is -0.467 e. The second-order valence-corrected chi connectivity index (χ2v) is 16.4. The Labute approximate surface area is 329 Å². The molecule has 2 aliphatic heterocycles. The van der Waals surface area contributed by atoms with Crippen molar-refractivity contribution in [2.75, 3.05) is 48.5 Å². The van der Waals surface area contributed by atoms with Gasteiger partial charge in [0, 0.05) is 34.2 Å². The molecule has 2 aliphatic rings. The molecular weight excluding hydrogens is 702 g/mol. The number of nitrogens with one attached hydrogen (secondary N) is 2. The number of ether oxygens (including phenoxy) is 3. The molecule has 0 bridgehead atoms. The van der Waals surface area contributed by atoms with Gasteiger partial charge in [0.25, 0.3) is 0 Å². The van der Waals surface area contributed by atoms with E-state index in [1.165, 1.54) is 14.2 Å². The third-order valence-electron chi connectivity index (χ3n) is 12.3. The summed E-state index contributed by atoms with van der Waals surface area (Å²) in [5, 5.41) is 5.96. The summed E-state index contributed by atoms with van der Waals surface area (Å²) < 4.78 is 17.0. The normalized spacial score (nSPS) is 22.6. The molecular formula is C42H69N5O8. The summed E-state index contributed by atoms with van der Waals surface area (Å²) >= 11 is 0. The van der Waals surface area contributed by atoms with E-state index in [0.29, 0.717) is 13.0 Å². The lowest BCUT2D eigenvalue weighted by atomic mass is 9.89. The van der Waals surface area contributed by atoms with Crippen molar-refractivity contribution < 1.29 is 38.2 Å². The summed E-state index contributed by atoms with van der Waals surface area (Å²) in [5.41, 5.74) is 1.29. The predicted octanol–water partition coefficient (Wildman–Crippen LogP) is 3.74. The molecule has 0 aliphatic carbocycles. The Morgan fingerprint density at radius 1 is 0.964 bits per heavy atom. The van der Waals surface area contributed by atoms with Crippen LogP contribution in [0.2, 0.25) is 0 Å². The van der Waals surface area contributed by atoms with Gasteiger partial charge in [0.05, 0.1) is 49.3 Å². The third-order valence-corrected chi connectivity index (χ3v) is 12.3. The summed E-state index contributed by atoms with van der Waals surface area (Å²) in [5.74, 6) is -2.35. The molecule has 13 nitrogen and oxygen atoms in total. The van der Waals surface area contributed by atoms with Crippen molar-refractivity contribution in [2.45, 2.75) is 135 Å². The Morgan fingerprint density at radius 2 is 1.62 bits per heavy atom. The molecule has 2 saturated heterocycles. The van der Waals surface area contributed by atoms with E-state index in [2.05, 4.69) is 10.6 Å². The van der Waals surface area contributed by atoms with E-state index in [1.54, 1.807) is 30.9 Å². The van der Waals surface area contributed by atoms with Crippen LogP contribution in [-0.2, 0) is 44.6 Å². The predicted molar refractivity (Wildman–Crippen MR) is 212 cm³/mol. The first kappa shape index (κ1) is 45.8.